The highest BCUT2D eigenvalue weighted by Gasteiger charge is 2.63. The van der Waals surface area contributed by atoms with Crippen molar-refractivity contribution in [3.05, 3.63) is 113 Å². The van der Waals surface area contributed by atoms with Crippen LogP contribution in [0.2, 0.25) is 0 Å². The van der Waals surface area contributed by atoms with Gasteiger partial charge in [-0.25, -0.2) is 4.39 Å². The Labute approximate surface area is 191 Å². The molecule has 5 heteroatoms. The number of nitriles is 2. The number of aryl methyl sites for hydroxylation is 1. The molecule has 4 nitrogen and oxygen atoms in total. The van der Waals surface area contributed by atoms with Crippen molar-refractivity contribution >= 4 is 11.9 Å². The van der Waals surface area contributed by atoms with Gasteiger partial charge in [-0.05, 0) is 41.8 Å². The summed E-state index contributed by atoms with van der Waals surface area (Å²) in [6, 6.07) is 23.8. The van der Waals surface area contributed by atoms with Gasteiger partial charge in [-0.15, -0.1) is 0 Å². The molecule has 2 aliphatic rings. The lowest BCUT2D eigenvalue weighted by Gasteiger charge is -2.34. The number of rotatable bonds is 3. The summed E-state index contributed by atoms with van der Waals surface area (Å²) in [6.45, 7) is 1.95. The van der Waals surface area contributed by atoms with Gasteiger partial charge in [-0.3, -0.25) is 4.79 Å². The van der Waals surface area contributed by atoms with Crippen LogP contribution in [0, 0.1) is 40.8 Å². The van der Waals surface area contributed by atoms with Gasteiger partial charge < -0.3 is 4.90 Å². The first kappa shape index (κ1) is 20.7. The molecule has 1 fully saturated rings. The Hall–Kier alpha value is -4.22. The van der Waals surface area contributed by atoms with Crippen LogP contribution in [0.4, 0.5) is 4.39 Å². The van der Waals surface area contributed by atoms with E-state index in [4.69, 9.17) is 0 Å². The number of nitrogens with zero attached hydrogens (tertiary/aromatic N) is 3. The summed E-state index contributed by atoms with van der Waals surface area (Å²) in [6.07, 6.45) is 3.73. The van der Waals surface area contributed by atoms with Gasteiger partial charge in [0.05, 0.1) is 18.2 Å². The van der Waals surface area contributed by atoms with Crippen molar-refractivity contribution in [2.75, 3.05) is 0 Å². The molecule has 0 bridgehead atoms. The minimum absolute atomic E-state index is 0.175. The summed E-state index contributed by atoms with van der Waals surface area (Å²) in [4.78, 5) is 15.8. The molecule has 0 unspecified atom stereocenters. The number of Topliss-reactive ketones (excluding diaryl/α,β-unsaturated/α-hetero) is 1. The fraction of sp³-hybridized carbons (Fsp3) is 0.179. The predicted molar refractivity (Wildman–Crippen MR) is 122 cm³/mol. The molecular formula is C28H20FN3O. The van der Waals surface area contributed by atoms with Gasteiger partial charge in [0.2, 0.25) is 0 Å². The molecule has 1 saturated heterocycles. The van der Waals surface area contributed by atoms with E-state index in [1.807, 2.05) is 60.5 Å². The summed E-state index contributed by atoms with van der Waals surface area (Å²) in [5.74, 6) is -1.37. The maximum absolute atomic E-state index is 13.9. The molecule has 2 aliphatic heterocycles. The second-order valence-corrected chi connectivity index (χ2v) is 8.59. The Balaban J connectivity index is 1.76. The van der Waals surface area contributed by atoms with Crippen LogP contribution < -0.4 is 0 Å². The van der Waals surface area contributed by atoms with E-state index in [2.05, 4.69) is 12.1 Å². The van der Waals surface area contributed by atoms with Crippen molar-refractivity contribution in [3.63, 3.8) is 0 Å². The Morgan fingerprint density at radius 2 is 1.64 bits per heavy atom. The van der Waals surface area contributed by atoms with Crippen LogP contribution >= 0.6 is 0 Å². The van der Waals surface area contributed by atoms with Crippen LogP contribution in [-0.2, 0) is 0 Å². The Morgan fingerprint density at radius 3 is 2.30 bits per heavy atom. The van der Waals surface area contributed by atoms with Crippen LogP contribution in [-0.4, -0.2) is 16.7 Å². The van der Waals surface area contributed by atoms with Crippen LogP contribution in [0.15, 0.2) is 79.0 Å². The lowest BCUT2D eigenvalue weighted by Crippen LogP contribution is -2.37. The van der Waals surface area contributed by atoms with Crippen LogP contribution in [0.25, 0.3) is 6.08 Å². The van der Waals surface area contributed by atoms with Gasteiger partial charge in [0, 0.05) is 17.7 Å². The smallest absolute Gasteiger partial charge is 0.185 e. The van der Waals surface area contributed by atoms with Gasteiger partial charge >= 0.3 is 0 Å². The molecule has 0 aliphatic carbocycles. The lowest BCUT2D eigenvalue weighted by atomic mass is 9.67. The molecule has 3 atom stereocenters. The maximum Gasteiger partial charge on any atom is 0.185 e. The Kier molecular flexibility index (Phi) is 4.84. The Morgan fingerprint density at radius 1 is 0.970 bits per heavy atom. The highest BCUT2D eigenvalue weighted by molar-refractivity contribution is 6.01. The first-order chi connectivity index (χ1) is 16.0. The topological polar surface area (TPSA) is 67.9 Å². The molecule has 2 heterocycles. The third kappa shape index (κ3) is 3.05. The fourth-order valence-corrected chi connectivity index (χ4v) is 5.23. The molecule has 0 amide bonds. The van der Waals surface area contributed by atoms with Crippen molar-refractivity contribution in [1.82, 2.24) is 4.90 Å². The van der Waals surface area contributed by atoms with Crippen LogP contribution in [0.3, 0.4) is 0 Å². The van der Waals surface area contributed by atoms with Gasteiger partial charge in [-0.2, -0.15) is 10.5 Å². The third-order valence-corrected chi connectivity index (χ3v) is 6.78. The van der Waals surface area contributed by atoms with Crippen molar-refractivity contribution in [1.29, 1.82) is 10.5 Å². The molecule has 3 aromatic carbocycles. The van der Waals surface area contributed by atoms with E-state index in [1.54, 1.807) is 24.3 Å². The van der Waals surface area contributed by atoms with E-state index in [0.29, 0.717) is 11.1 Å². The van der Waals surface area contributed by atoms with E-state index in [0.717, 1.165) is 16.7 Å². The highest BCUT2D eigenvalue weighted by atomic mass is 19.1. The van der Waals surface area contributed by atoms with E-state index in [1.165, 1.54) is 12.1 Å². The second-order valence-electron chi connectivity index (χ2n) is 8.59. The number of hydrogen-bond donors (Lipinski definition) is 0. The molecule has 0 saturated carbocycles. The van der Waals surface area contributed by atoms with Crippen LogP contribution in [0.1, 0.15) is 44.6 Å². The first-order valence-corrected chi connectivity index (χ1v) is 10.7. The fourth-order valence-electron chi connectivity index (χ4n) is 5.23. The molecule has 3 aromatic rings. The summed E-state index contributed by atoms with van der Waals surface area (Å²) in [5, 5.41) is 20.9. The molecule has 5 rings (SSSR count). The van der Waals surface area contributed by atoms with Gasteiger partial charge in [0.1, 0.15) is 11.9 Å². The number of benzene rings is 3. The summed E-state index contributed by atoms with van der Waals surface area (Å²) in [7, 11) is 0. The summed E-state index contributed by atoms with van der Waals surface area (Å²) in [5.41, 5.74) is 2.31. The summed E-state index contributed by atoms with van der Waals surface area (Å²) < 4.78 is 13.8. The quantitative estimate of drug-likeness (QED) is 0.508. The normalized spacial score (nSPS) is 22.1. The SMILES string of the molecule is Cc1ccc(C(=O)[C@@H]2[C@H](c3ccc(F)cc3)C(C#N)(C#N)[C@H]3c4ccccc4C=CN23)cc1. The largest absolute Gasteiger partial charge is 0.357 e. The number of halogens is 1. The number of carbonyl (C=O) groups excluding carboxylic acids is 1. The zero-order valence-electron chi connectivity index (χ0n) is 17.9. The monoisotopic (exact) mass is 433 g/mol. The number of fused-ring (bicyclic) bond motifs is 3. The molecule has 160 valence electrons. The zero-order chi connectivity index (χ0) is 23.2. The van der Waals surface area contributed by atoms with Crippen molar-refractivity contribution < 1.29 is 9.18 Å². The molecule has 0 N–H and O–H groups in total. The molecule has 0 radical (unpaired) electrons. The molecule has 0 spiro atoms. The molecule has 33 heavy (non-hydrogen) atoms. The average molecular weight is 433 g/mol. The zero-order valence-corrected chi connectivity index (χ0v) is 17.9. The second kappa shape index (κ2) is 7.73. The van der Waals surface area contributed by atoms with Gasteiger partial charge in [0.15, 0.2) is 11.2 Å². The van der Waals surface area contributed by atoms with Gasteiger partial charge in [0.25, 0.3) is 0 Å². The number of ketones is 1. The maximum atomic E-state index is 13.9. The molecule has 0 aromatic heterocycles. The minimum Gasteiger partial charge on any atom is -0.357 e. The average Bonchev–Trinajstić information content (AvgIpc) is 3.15. The van der Waals surface area contributed by atoms with Crippen molar-refractivity contribution in [2.45, 2.75) is 24.9 Å². The van der Waals surface area contributed by atoms with Gasteiger partial charge in [-0.1, -0.05) is 66.2 Å². The summed E-state index contributed by atoms with van der Waals surface area (Å²) >= 11 is 0. The molecular weight excluding hydrogens is 413 g/mol. The predicted octanol–water partition coefficient (Wildman–Crippen LogP) is 5.54. The minimum atomic E-state index is -1.55. The van der Waals surface area contributed by atoms with E-state index >= 15 is 0 Å². The highest BCUT2D eigenvalue weighted by Crippen LogP contribution is 2.60. The third-order valence-electron chi connectivity index (χ3n) is 6.78. The first-order valence-electron chi connectivity index (χ1n) is 10.7. The van der Waals surface area contributed by atoms with Crippen molar-refractivity contribution in [3.8, 4) is 12.1 Å². The Bertz CT molecular complexity index is 1330. The standard InChI is InChI=1S/C28H20FN3O/c1-18-6-8-21(9-7-18)26(33)25-24(20-10-12-22(29)13-11-20)28(16-30,17-31)27-23-5-3-2-4-19(23)14-15-32(25)27/h2-15,24-25,27H,1H3/t24-,25-,27+/m0/s1. The van der Waals surface area contributed by atoms with Crippen molar-refractivity contribution in [2.24, 2.45) is 5.41 Å². The number of hydrogen-bond acceptors (Lipinski definition) is 4. The van der Waals surface area contributed by atoms with Crippen LogP contribution in [0.5, 0.6) is 0 Å². The van der Waals surface area contributed by atoms with E-state index in [-0.39, 0.29) is 5.78 Å². The van der Waals surface area contributed by atoms with E-state index < -0.39 is 29.2 Å². The lowest BCUT2D eigenvalue weighted by molar-refractivity contribution is 0.0874. The van der Waals surface area contributed by atoms with E-state index in [9.17, 15) is 19.7 Å². The number of carbonyl (C=O) groups is 1.